The van der Waals surface area contributed by atoms with E-state index in [9.17, 15) is 9.90 Å². The van der Waals surface area contributed by atoms with Gasteiger partial charge in [-0.2, -0.15) is 0 Å². The molecule has 0 saturated heterocycles. The van der Waals surface area contributed by atoms with Crippen molar-refractivity contribution in [2.45, 2.75) is 19.4 Å². The summed E-state index contributed by atoms with van der Waals surface area (Å²) in [4.78, 5) is 15.1. The number of methoxy groups -OCH3 is 1. The third-order valence-electron chi connectivity index (χ3n) is 1.86. The fourth-order valence-electron chi connectivity index (χ4n) is 1.07. The van der Waals surface area contributed by atoms with Crippen LogP contribution in [-0.2, 0) is 4.74 Å². The zero-order valence-electron chi connectivity index (χ0n) is 9.60. The van der Waals surface area contributed by atoms with Crippen LogP contribution in [0.1, 0.15) is 29.9 Å². The molecule has 0 aliphatic heterocycles. The molecule has 0 fully saturated rings. The van der Waals surface area contributed by atoms with Gasteiger partial charge < -0.3 is 9.84 Å². The van der Waals surface area contributed by atoms with Crippen molar-refractivity contribution in [1.82, 2.24) is 4.98 Å². The molecule has 0 aliphatic rings. The fourth-order valence-corrected chi connectivity index (χ4v) is 1.07. The summed E-state index contributed by atoms with van der Waals surface area (Å²) in [5.41, 5.74) is 0.159. The van der Waals surface area contributed by atoms with Gasteiger partial charge in [-0.1, -0.05) is 12.2 Å². The number of hydrogen-bond donors (Lipinski definition) is 1. The third kappa shape index (κ3) is 3.82. The second-order valence-electron chi connectivity index (χ2n) is 3.95. The Balaban J connectivity index is 2.91. The fraction of sp³-hybridized carbons (Fsp3) is 0.333. The molecule has 1 rings (SSSR count). The molecule has 4 heteroatoms. The van der Waals surface area contributed by atoms with Crippen molar-refractivity contribution >= 4 is 12.0 Å². The monoisotopic (exact) mass is 221 g/mol. The van der Waals surface area contributed by atoms with Gasteiger partial charge in [-0.05, 0) is 31.5 Å². The Hall–Kier alpha value is -1.68. The van der Waals surface area contributed by atoms with Crippen LogP contribution >= 0.6 is 0 Å². The van der Waals surface area contributed by atoms with Gasteiger partial charge in [0, 0.05) is 6.20 Å². The van der Waals surface area contributed by atoms with Gasteiger partial charge in [0.15, 0.2) is 0 Å². The highest BCUT2D eigenvalue weighted by molar-refractivity contribution is 5.87. The van der Waals surface area contributed by atoms with E-state index < -0.39 is 11.6 Å². The Morgan fingerprint density at radius 2 is 2.25 bits per heavy atom. The Bertz CT molecular complexity index is 405. The molecule has 0 atom stereocenters. The summed E-state index contributed by atoms with van der Waals surface area (Å²) < 4.78 is 4.56. The summed E-state index contributed by atoms with van der Waals surface area (Å²) in [5.74, 6) is -0.474. The van der Waals surface area contributed by atoms with E-state index in [-0.39, 0.29) is 5.69 Å². The molecule has 0 bridgehead atoms. The minimum Gasteiger partial charge on any atom is -0.464 e. The van der Waals surface area contributed by atoms with Crippen molar-refractivity contribution in [3.8, 4) is 0 Å². The maximum absolute atomic E-state index is 11.2. The van der Waals surface area contributed by atoms with Crippen LogP contribution in [0.2, 0.25) is 0 Å². The number of carbonyl (C=O) groups is 1. The largest absolute Gasteiger partial charge is 0.464 e. The number of carbonyl (C=O) groups excluding carboxylic acids is 1. The lowest BCUT2D eigenvalue weighted by Gasteiger charge is -2.10. The molecular formula is C12H15NO3. The average molecular weight is 221 g/mol. The van der Waals surface area contributed by atoms with E-state index in [0.29, 0.717) is 0 Å². The Morgan fingerprint density at radius 3 is 2.81 bits per heavy atom. The average Bonchev–Trinajstić information content (AvgIpc) is 2.25. The predicted molar refractivity (Wildman–Crippen MR) is 60.9 cm³/mol. The topological polar surface area (TPSA) is 59.4 Å². The van der Waals surface area contributed by atoms with Crippen LogP contribution < -0.4 is 0 Å². The Labute approximate surface area is 94.6 Å². The molecule has 0 spiro atoms. The van der Waals surface area contributed by atoms with E-state index in [0.717, 1.165) is 5.56 Å². The number of nitrogens with zero attached hydrogens (tertiary/aromatic N) is 1. The number of ether oxygens (including phenoxy) is 1. The highest BCUT2D eigenvalue weighted by atomic mass is 16.5. The summed E-state index contributed by atoms with van der Waals surface area (Å²) in [6.07, 6.45) is 4.90. The molecule has 16 heavy (non-hydrogen) atoms. The summed E-state index contributed by atoms with van der Waals surface area (Å²) >= 11 is 0. The minimum absolute atomic E-state index is 0.250. The lowest BCUT2D eigenvalue weighted by molar-refractivity contribution is 0.0594. The number of hydrogen-bond acceptors (Lipinski definition) is 4. The van der Waals surface area contributed by atoms with Crippen molar-refractivity contribution < 1.29 is 14.6 Å². The summed E-state index contributed by atoms with van der Waals surface area (Å²) in [5, 5.41) is 9.51. The molecule has 0 aliphatic carbocycles. The zero-order valence-corrected chi connectivity index (χ0v) is 9.60. The maximum Gasteiger partial charge on any atom is 0.356 e. The summed E-state index contributed by atoms with van der Waals surface area (Å²) in [7, 11) is 1.31. The summed E-state index contributed by atoms with van der Waals surface area (Å²) in [6.45, 7) is 3.35. The van der Waals surface area contributed by atoms with E-state index in [2.05, 4.69) is 9.72 Å². The van der Waals surface area contributed by atoms with Crippen molar-refractivity contribution in [2.75, 3.05) is 7.11 Å². The van der Waals surface area contributed by atoms with Crippen LogP contribution in [0.25, 0.3) is 6.08 Å². The first-order valence-electron chi connectivity index (χ1n) is 4.88. The molecular weight excluding hydrogens is 206 g/mol. The lowest BCUT2D eigenvalue weighted by Crippen LogP contribution is -2.13. The molecule has 0 unspecified atom stereocenters. The van der Waals surface area contributed by atoms with Crippen LogP contribution in [0.5, 0.6) is 0 Å². The smallest absolute Gasteiger partial charge is 0.356 e. The van der Waals surface area contributed by atoms with Crippen LogP contribution in [-0.4, -0.2) is 28.8 Å². The third-order valence-corrected chi connectivity index (χ3v) is 1.86. The first-order valence-corrected chi connectivity index (χ1v) is 4.88. The summed E-state index contributed by atoms with van der Waals surface area (Å²) in [6, 6.07) is 3.35. The molecule has 0 radical (unpaired) electrons. The molecule has 1 N–H and O–H groups in total. The molecule has 86 valence electrons. The van der Waals surface area contributed by atoms with Gasteiger partial charge in [0.25, 0.3) is 0 Å². The van der Waals surface area contributed by atoms with Crippen molar-refractivity contribution in [3.05, 3.63) is 35.7 Å². The Kier molecular flexibility index (Phi) is 3.79. The van der Waals surface area contributed by atoms with Crippen LogP contribution in [0.15, 0.2) is 24.4 Å². The first kappa shape index (κ1) is 12.4. The SMILES string of the molecule is COC(=O)c1cc(C=CC(C)(C)O)ccn1. The molecule has 0 saturated carbocycles. The number of aromatic nitrogens is 1. The second-order valence-corrected chi connectivity index (χ2v) is 3.95. The second kappa shape index (κ2) is 4.90. The first-order chi connectivity index (χ1) is 7.42. The van der Waals surface area contributed by atoms with Crippen LogP contribution in [0.3, 0.4) is 0 Å². The van der Waals surface area contributed by atoms with Gasteiger partial charge in [-0.25, -0.2) is 9.78 Å². The van der Waals surface area contributed by atoms with E-state index >= 15 is 0 Å². The number of esters is 1. The van der Waals surface area contributed by atoms with Crippen molar-refractivity contribution in [1.29, 1.82) is 0 Å². The molecule has 4 nitrogen and oxygen atoms in total. The quantitative estimate of drug-likeness (QED) is 0.788. The normalized spacial score (nSPS) is 11.8. The number of pyridine rings is 1. The molecule has 1 heterocycles. The van der Waals surface area contributed by atoms with Crippen LogP contribution in [0.4, 0.5) is 0 Å². The van der Waals surface area contributed by atoms with Gasteiger partial charge >= 0.3 is 5.97 Å². The van der Waals surface area contributed by atoms with E-state index in [1.165, 1.54) is 13.3 Å². The molecule has 1 aromatic rings. The maximum atomic E-state index is 11.2. The van der Waals surface area contributed by atoms with Crippen molar-refractivity contribution in [2.24, 2.45) is 0 Å². The predicted octanol–water partition coefficient (Wildman–Crippen LogP) is 1.65. The van der Waals surface area contributed by atoms with Gasteiger partial charge in [0.2, 0.25) is 0 Å². The van der Waals surface area contributed by atoms with E-state index in [1.54, 1.807) is 38.1 Å². The number of rotatable bonds is 3. The van der Waals surface area contributed by atoms with Crippen LogP contribution in [0, 0.1) is 0 Å². The molecule has 0 aromatic carbocycles. The minimum atomic E-state index is -0.880. The standard InChI is InChI=1S/C12H15NO3/c1-12(2,15)6-4-9-5-7-13-10(8-9)11(14)16-3/h4-8,15H,1-3H3. The molecule has 0 amide bonds. The van der Waals surface area contributed by atoms with E-state index in [4.69, 9.17) is 0 Å². The van der Waals surface area contributed by atoms with Gasteiger partial charge in [0.05, 0.1) is 12.7 Å². The van der Waals surface area contributed by atoms with Gasteiger partial charge in [0.1, 0.15) is 5.69 Å². The lowest BCUT2D eigenvalue weighted by atomic mass is 10.1. The van der Waals surface area contributed by atoms with Gasteiger partial charge in [-0.15, -0.1) is 0 Å². The van der Waals surface area contributed by atoms with Gasteiger partial charge in [-0.3, -0.25) is 0 Å². The highest BCUT2D eigenvalue weighted by Gasteiger charge is 2.08. The van der Waals surface area contributed by atoms with Crippen molar-refractivity contribution in [3.63, 3.8) is 0 Å². The van der Waals surface area contributed by atoms with E-state index in [1.807, 2.05) is 0 Å². The molecule has 1 aromatic heterocycles. The Morgan fingerprint density at radius 1 is 1.56 bits per heavy atom. The number of aliphatic hydroxyl groups is 1. The highest BCUT2D eigenvalue weighted by Crippen LogP contribution is 2.09. The zero-order chi connectivity index (χ0) is 12.2.